The number of aryl methyl sites for hydroxylation is 3. The van der Waals surface area contributed by atoms with Gasteiger partial charge < -0.3 is 5.73 Å². The Balaban J connectivity index is 2.69. The van der Waals surface area contributed by atoms with Gasteiger partial charge in [-0.15, -0.1) is 0 Å². The van der Waals surface area contributed by atoms with Crippen LogP contribution in [0.4, 0.5) is 5.82 Å². The molecule has 2 rings (SSSR count). The predicted molar refractivity (Wildman–Crippen MR) is 67.6 cm³/mol. The van der Waals surface area contributed by atoms with Crippen molar-refractivity contribution in [2.75, 3.05) is 5.73 Å². The Kier molecular flexibility index (Phi) is 2.61. The first-order chi connectivity index (χ1) is 7.91. The van der Waals surface area contributed by atoms with E-state index in [1.165, 1.54) is 0 Å². The number of nitrogens with zero attached hydrogens (tertiary/aromatic N) is 4. The summed E-state index contributed by atoms with van der Waals surface area (Å²) in [5.41, 5.74) is 10.7. The fourth-order valence-electron chi connectivity index (χ4n) is 1.86. The molecule has 0 saturated carbocycles. The summed E-state index contributed by atoms with van der Waals surface area (Å²) in [5, 5.41) is 4.36. The Morgan fingerprint density at radius 2 is 1.65 bits per heavy atom. The van der Waals surface area contributed by atoms with Gasteiger partial charge in [-0.25, -0.2) is 9.97 Å². The zero-order valence-corrected chi connectivity index (χ0v) is 10.9. The Hall–Kier alpha value is -1.91. The molecule has 0 saturated heterocycles. The van der Waals surface area contributed by atoms with Crippen molar-refractivity contribution in [3.05, 3.63) is 22.6 Å². The highest BCUT2D eigenvalue weighted by Crippen LogP contribution is 2.25. The highest BCUT2D eigenvalue weighted by molar-refractivity contribution is 5.63. The fourth-order valence-corrected chi connectivity index (χ4v) is 1.86. The molecule has 0 bridgehead atoms. The topological polar surface area (TPSA) is 69.6 Å². The summed E-state index contributed by atoms with van der Waals surface area (Å²) in [6, 6.07) is 0. The van der Waals surface area contributed by atoms with E-state index >= 15 is 0 Å². The van der Waals surface area contributed by atoms with Crippen LogP contribution >= 0.6 is 0 Å². The molecule has 17 heavy (non-hydrogen) atoms. The molecule has 0 aliphatic carbocycles. The van der Waals surface area contributed by atoms with Crippen molar-refractivity contribution in [2.24, 2.45) is 7.05 Å². The second-order valence-corrected chi connectivity index (χ2v) is 4.31. The van der Waals surface area contributed by atoms with Crippen molar-refractivity contribution < 1.29 is 0 Å². The molecular formula is C12H17N5. The molecule has 2 aromatic heterocycles. The number of nitrogen functional groups attached to an aromatic ring is 1. The molecule has 90 valence electrons. The zero-order chi connectivity index (χ0) is 12.7. The Morgan fingerprint density at radius 3 is 2.12 bits per heavy atom. The minimum atomic E-state index is 0.537. The van der Waals surface area contributed by atoms with Gasteiger partial charge in [0.15, 0.2) is 5.82 Å². The standard InChI is InChI=1S/C12H17N5/c1-6-7(2)14-12(15-11(6)13)10-8(3)16-17(5)9(10)4/h1-5H3,(H2,13,14,15). The van der Waals surface area contributed by atoms with Crippen LogP contribution in [0.1, 0.15) is 22.6 Å². The Bertz CT molecular complexity index is 560. The van der Waals surface area contributed by atoms with E-state index in [1.807, 2.05) is 39.4 Å². The van der Waals surface area contributed by atoms with Gasteiger partial charge in [0, 0.05) is 24.0 Å². The number of rotatable bonds is 1. The van der Waals surface area contributed by atoms with Crippen molar-refractivity contribution in [1.82, 2.24) is 19.7 Å². The molecule has 0 radical (unpaired) electrons. The zero-order valence-electron chi connectivity index (χ0n) is 10.9. The van der Waals surface area contributed by atoms with Gasteiger partial charge in [0.1, 0.15) is 5.82 Å². The third-order valence-corrected chi connectivity index (χ3v) is 3.16. The summed E-state index contributed by atoms with van der Waals surface area (Å²) < 4.78 is 1.83. The highest BCUT2D eigenvalue weighted by Gasteiger charge is 2.16. The number of hydrogen-bond donors (Lipinski definition) is 1. The van der Waals surface area contributed by atoms with E-state index in [1.54, 1.807) is 0 Å². The van der Waals surface area contributed by atoms with E-state index < -0.39 is 0 Å². The van der Waals surface area contributed by atoms with Crippen LogP contribution in [0.3, 0.4) is 0 Å². The van der Waals surface area contributed by atoms with E-state index in [9.17, 15) is 0 Å². The molecule has 0 unspecified atom stereocenters. The summed E-state index contributed by atoms with van der Waals surface area (Å²) in [6.45, 7) is 7.83. The maximum absolute atomic E-state index is 5.89. The maximum Gasteiger partial charge on any atom is 0.165 e. The molecular weight excluding hydrogens is 214 g/mol. The fraction of sp³-hybridized carbons (Fsp3) is 0.417. The van der Waals surface area contributed by atoms with E-state index in [0.717, 1.165) is 28.2 Å². The molecule has 0 aliphatic rings. The molecule has 0 amide bonds. The quantitative estimate of drug-likeness (QED) is 0.810. The lowest BCUT2D eigenvalue weighted by atomic mass is 10.1. The average Bonchev–Trinajstić information content (AvgIpc) is 2.49. The summed E-state index contributed by atoms with van der Waals surface area (Å²) >= 11 is 0. The molecule has 2 aromatic rings. The lowest BCUT2D eigenvalue weighted by molar-refractivity contribution is 0.731. The van der Waals surface area contributed by atoms with Crippen molar-refractivity contribution in [2.45, 2.75) is 27.7 Å². The monoisotopic (exact) mass is 231 g/mol. The Morgan fingerprint density at radius 1 is 1.00 bits per heavy atom. The molecule has 0 aliphatic heterocycles. The minimum Gasteiger partial charge on any atom is -0.383 e. The SMILES string of the molecule is Cc1nc(-c2c(C)nn(C)c2C)nc(N)c1C. The van der Waals surface area contributed by atoms with Crippen molar-refractivity contribution in [3.8, 4) is 11.4 Å². The number of aromatic nitrogens is 4. The van der Waals surface area contributed by atoms with Gasteiger partial charge in [-0.3, -0.25) is 4.68 Å². The third kappa shape index (κ3) is 1.77. The maximum atomic E-state index is 5.89. The first-order valence-corrected chi connectivity index (χ1v) is 5.53. The third-order valence-electron chi connectivity index (χ3n) is 3.16. The predicted octanol–water partition coefficient (Wildman–Crippen LogP) is 1.69. The largest absolute Gasteiger partial charge is 0.383 e. The lowest BCUT2D eigenvalue weighted by Gasteiger charge is -2.07. The van der Waals surface area contributed by atoms with Gasteiger partial charge in [-0.05, 0) is 27.7 Å². The number of anilines is 1. The van der Waals surface area contributed by atoms with Crippen LogP contribution in [0, 0.1) is 27.7 Å². The number of hydrogen-bond acceptors (Lipinski definition) is 4. The summed E-state index contributed by atoms with van der Waals surface area (Å²) in [4.78, 5) is 8.85. The molecule has 0 atom stereocenters. The molecule has 2 N–H and O–H groups in total. The van der Waals surface area contributed by atoms with Crippen LogP contribution < -0.4 is 5.73 Å². The molecule has 0 aromatic carbocycles. The lowest BCUT2D eigenvalue weighted by Crippen LogP contribution is -2.03. The second kappa shape index (κ2) is 3.84. The summed E-state index contributed by atoms with van der Waals surface area (Å²) in [6.07, 6.45) is 0. The van der Waals surface area contributed by atoms with Crippen molar-refractivity contribution in [1.29, 1.82) is 0 Å². The summed E-state index contributed by atoms with van der Waals surface area (Å²) in [5.74, 6) is 1.20. The normalized spacial score (nSPS) is 10.9. The Labute approximate surface area is 101 Å². The van der Waals surface area contributed by atoms with Gasteiger partial charge in [0.2, 0.25) is 0 Å². The van der Waals surface area contributed by atoms with Crippen molar-refractivity contribution >= 4 is 5.82 Å². The van der Waals surface area contributed by atoms with Gasteiger partial charge in [0.05, 0.1) is 11.3 Å². The first kappa shape index (κ1) is 11.6. The molecule has 2 heterocycles. The van der Waals surface area contributed by atoms with Gasteiger partial charge >= 0.3 is 0 Å². The van der Waals surface area contributed by atoms with Crippen LogP contribution in [0.25, 0.3) is 11.4 Å². The first-order valence-electron chi connectivity index (χ1n) is 5.53. The highest BCUT2D eigenvalue weighted by atomic mass is 15.3. The molecule has 5 heteroatoms. The van der Waals surface area contributed by atoms with Crippen LogP contribution in [0.5, 0.6) is 0 Å². The van der Waals surface area contributed by atoms with Crippen LogP contribution in [0.2, 0.25) is 0 Å². The molecule has 5 nitrogen and oxygen atoms in total. The van der Waals surface area contributed by atoms with Gasteiger partial charge in [-0.1, -0.05) is 0 Å². The molecule has 0 spiro atoms. The minimum absolute atomic E-state index is 0.537. The van der Waals surface area contributed by atoms with Crippen LogP contribution in [-0.2, 0) is 7.05 Å². The van der Waals surface area contributed by atoms with Crippen LogP contribution in [-0.4, -0.2) is 19.7 Å². The second-order valence-electron chi connectivity index (χ2n) is 4.31. The smallest absolute Gasteiger partial charge is 0.165 e. The summed E-state index contributed by atoms with van der Waals surface area (Å²) in [7, 11) is 1.91. The van der Waals surface area contributed by atoms with E-state index in [0.29, 0.717) is 11.6 Å². The van der Waals surface area contributed by atoms with E-state index in [2.05, 4.69) is 15.1 Å². The van der Waals surface area contributed by atoms with E-state index in [4.69, 9.17) is 5.73 Å². The average molecular weight is 231 g/mol. The van der Waals surface area contributed by atoms with Crippen LogP contribution in [0.15, 0.2) is 0 Å². The van der Waals surface area contributed by atoms with Crippen molar-refractivity contribution in [3.63, 3.8) is 0 Å². The number of nitrogens with two attached hydrogens (primary N) is 1. The van der Waals surface area contributed by atoms with Gasteiger partial charge in [0.25, 0.3) is 0 Å². The molecule has 0 fully saturated rings. The van der Waals surface area contributed by atoms with E-state index in [-0.39, 0.29) is 0 Å². The van der Waals surface area contributed by atoms with Gasteiger partial charge in [-0.2, -0.15) is 5.10 Å².